The SMILES string of the molecule is Cc1cccc(COc2ccccc2[C@@H]2C(C#N)=C(N)Oc3cc4c(cc32)OCO4)c1. The van der Waals surface area contributed by atoms with E-state index in [9.17, 15) is 5.26 Å². The molecule has 2 aliphatic rings. The van der Waals surface area contributed by atoms with Gasteiger partial charge in [-0.3, -0.25) is 0 Å². The molecule has 2 heterocycles. The monoisotopic (exact) mass is 412 g/mol. The minimum Gasteiger partial charge on any atom is -0.489 e. The summed E-state index contributed by atoms with van der Waals surface area (Å²) in [4.78, 5) is 0. The first-order chi connectivity index (χ1) is 15.1. The van der Waals surface area contributed by atoms with Crippen molar-refractivity contribution in [1.29, 1.82) is 5.26 Å². The number of benzene rings is 3. The second-order valence-corrected chi connectivity index (χ2v) is 7.48. The predicted molar refractivity (Wildman–Crippen MR) is 114 cm³/mol. The van der Waals surface area contributed by atoms with Gasteiger partial charge < -0.3 is 24.7 Å². The quantitative estimate of drug-likeness (QED) is 0.678. The molecule has 2 aliphatic heterocycles. The van der Waals surface area contributed by atoms with Crippen LogP contribution in [0.1, 0.15) is 28.2 Å². The van der Waals surface area contributed by atoms with Crippen molar-refractivity contribution >= 4 is 0 Å². The van der Waals surface area contributed by atoms with Gasteiger partial charge >= 0.3 is 0 Å². The fourth-order valence-electron chi connectivity index (χ4n) is 3.98. The van der Waals surface area contributed by atoms with Crippen LogP contribution < -0.4 is 24.7 Å². The summed E-state index contributed by atoms with van der Waals surface area (Å²) in [7, 11) is 0. The number of allylic oxidation sites excluding steroid dienone is 1. The van der Waals surface area contributed by atoms with E-state index < -0.39 is 5.92 Å². The van der Waals surface area contributed by atoms with Gasteiger partial charge in [-0.25, -0.2) is 0 Å². The van der Waals surface area contributed by atoms with E-state index in [1.165, 1.54) is 5.56 Å². The molecule has 0 aromatic heterocycles. The van der Waals surface area contributed by atoms with Gasteiger partial charge in [0.2, 0.25) is 12.7 Å². The van der Waals surface area contributed by atoms with Crippen molar-refractivity contribution in [3.05, 3.63) is 94.4 Å². The van der Waals surface area contributed by atoms with Crippen LogP contribution in [0, 0.1) is 18.3 Å². The van der Waals surface area contributed by atoms with Crippen LogP contribution in [0.3, 0.4) is 0 Å². The number of nitrogens with zero attached hydrogens (tertiary/aromatic N) is 1. The first kappa shape index (κ1) is 18.9. The minimum atomic E-state index is -0.447. The molecule has 31 heavy (non-hydrogen) atoms. The Morgan fingerprint density at radius 3 is 2.61 bits per heavy atom. The number of ether oxygens (including phenoxy) is 4. The van der Waals surface area contributed by atoms with Crippen LogP contribution in [-0.2, 0) is 6.61 Å². The third kappa shape index (κ3) is 3.40. The lowest BCUT2D eigenvalue weighted by atomic mass is 9.83. The molecule has 0 spiro atoms. The van der Waals surface area contributed by atoms with E-state index in [0.29, 0.717) is 35.2 Å². The predicted octanol–water partition coefficient (Wildman–Crippen LogP) is 4.52. The lowest BCUT2D eigenvalue weighted by Crippen LogP contribution is -2.21. The molecule has 0 aliphatic carbocycles. The summed E-state index contributed by atoms with van der Waals surface area (Å²) < 4.78 is 23.0. The highest BCUT2D eigenvalue weighted by Gasteiger charge is 2.34. The summed E-state index contributed by atoms with van der Waals surface area (Å²) in [6, 6.07) is 21.7. The Hall–Kier alpha value is -4.11. The minimum absolute atomic E-state index is 0.0763. The van der Waals surface area contributed by atoms with Crippen molar-refractivity contribution < 1.29 is 18.9 Å². The Morgan fingerprint density at radius 2 is 1.81 bits per heavy atom. The molecule has 3 aromatic carbocycles. The molecule has 6 heteroatoms. The van der Waals surface area contributed by atoms with E-state index in [2.05, 4.69) is 12.1 Å². The summed E-state index contributed by atoms with van der Waals surface area (Å²) >= 11 is 0. The van der Waals surface area contributed by atoms with Crippen molar-refractivity contribution in [2.45, 2.75) is 19.4 Å². The van der Waals surface area contributed by atoms with Gasteiger partial charge in [-0.15, -0.1) is 0 Å². The number of nitriles is 1. The molecule has 0 bridgehead atoms. The Balaban J connectivity index is 1.57. The van der Waals surface area contributed by atoms with Gasteiger partial charge in [0.25, 0.3) is 0 Å². The van der Waals surface area contributed by atoms with E-state index in [1.807, 2.05) is 55.5 Å². The zero-order valence-corrected chi connectivity index (χ0v) is 16.9. The van der Waals surface area contributed by atoms with Crippen LogP contribution in [0.4, 0.5) is 0 Å². The lowest BCUT2D eigenvalue weighted by Gasteiger charge is -2.28. The van der Waals surface area contributed by atoms with Crippen LogP contribution in [-0.4, -0.2) is 6.79 Å². The third-order valence-corrected chi connectivity index (χ3v) is 5.42. The molecule has 6 nitrogen and oxygen atoms in total. The Morgan fingerprint density at radius 1 is 1.00 bits per heavy atom. The number of aryl methyl sites for hydroxylation is 1. The Kier molecular flexibility index (Phi) is 4.64. The maximum Gasteiger partial charge on any atom is 0.231 e. The van der Waals surface area contributed by atoms with Crippen LogP contribution >= 0.6 is 0 Å². The normalized spacial score (nSPS) is 16.3. The number of hydrogen-bond donors (Lipinski definition) is 1. The first-order valence-corrected chi connectivity index (χ1v) is 9.92. The van der Waals surface area contributed by atoms with Crippen LogP contribution in [0.2, 0.25) is 0 Å². The van der Waals surface area contributed by atoms with Crippen molar-refractivity contribution in [2.24, 2.45) is 5.73 Å². The van der Waals surface area contributed by atoms with E-state index in [-0.39, 0.29) is 12.7 Å². The van der Waals surface area contributed by atoms with Gasteiger partial charge in [0, 0.05) is 17.2 Å². The van der Waals surface area contributed by atoms with Crippen molar-refractivity contribution in [3.8, 4) is 29.1 Å². The van der Waals surface area contributed by atoms with Crippen molar-refractivity contribution in [1.82, 2.24) is 0 Å². The molecule has 2 N–H and O–H groups in total. The van der Waals surface area contributed by atoms with Gasteiger partial charge in [0.15, 0.2) is 11.5 Å². The molecule has 0 amide bonds. The number of hydrogen-bond acceptors (Lipinski definition) is 6. The molecule has 3 aromatic rings. The summed E-state index contributed by atoms with van der Waals surface area (Å²) in [6.45, 7) is 2.61. The topological polar surface area (TPSA) is 86.7 Å². The highest BCUT2D eigenvalue weighted by atomic mass is 16.7. The molecule has 0 saturated heterocycles. The standard InChI is InChI=1S/C25H20N2O4/c1-15-5-4-6-16(9-15)13-28-20-8-3-2-7-17(20)24-18-10-22-23(30-14-29-22)11-21(18)31-25(27)19(24)12-26/h2-11,24H,13-14,27H2,1H3/t24-/m0/s1. The number of rotatable bonds is 4. The molecule has 0 saturated carbocycles. The number of nitrogens with two attached hydrogens (primary N) is 1. The average molecular weight is 412 g/mol. The van der Waals surface area contributed by atoms with E-state index in [0.717, 1.165) is 16.7 Å². The van der Waals surface area contributed by atoms with E-state index in [1.54, 1.807) is 6.07 Å². The third-order valence-electron chi connectivity index (χ3n) is 5.42. The summed E-state index contributed by atoms with van der Waals surface area (Å²) in [5.41, 5.74) is 10.3. The second kappa shape index (κ2) is 7.62. The fraction of sp³-hybridized carbons (Fsp3) is 0.160. The Labute approximate surface area is 180 Å². The maximum atomic E-state index is 9.88. The van der Waals surface area contributed by atoms with Gasteiger partial charge in [0.05, 0.1) is 5.92 Å². The summed E-state index contributed by atoms with van der Waals surface area (Å²) in [5, 5.41) is 9.88. The molecular formula is C25H20N2O4. The van der Waals surface area contributed by atoms with E-state index >= 15 is 0 Å². The molecule has 1 atom stereocenters. The van der Waals surface area contributed by atoms with Gasteiger partial charge in [-0.1, -0.05) is 48.0 Å². The molecule has 0 unspecified atom stereocenters. The number of fused-ring (bicyclic) bond motifs is 2. The zero-order valence-electron chi connectivity index (χ0n) is 16.9. The van der Waals surface area contributed by atoms with Crippen LogP contribution in [0.15, 0.2) is 72.1 Å². The fourth-order valence-corrected chi connectivity index (χ4v) is 3.98. The molecule has 154 valence electrons. The first-order valence-electron chi connectivity index (χ1n) is 9.92. The van der Waals surface area contributed by atoms with Crippen LogP contribution in [0.25, 0.3) is 0 Å². The average Bonchev–Trinajstić information content (AvgIpc) is 3.23. The van der Waals surface area contributed by atoms with E-state index in [4.69, 9.17) is 24.7 Å². The largest absolute Gasteiger partial charge is 0.489 e. The highest BCUT2D eigenvalue weighted by molar-refractivity contribution is 5.63. The highest BCUT2D eigenvalue weighted by Crippen LogP contribution is 2.49. The zero-order chi connectivity index (χ0) is 21.4. The molecule has 0 fully saturated rings. The van der Waals surface area contributed by atoms with Gasteiger partial charge in [0.1, 0.15) is 29.7 Å². The summed E-state index contributed by atoms with van der Waals surface area (Å²) in [6.07, 6.45) is 0. The lowest BCUT2D eigenvalue weighted by molar-refractivity contribution is 0.174. The molecular weight excluding hydrogens is 392 g/mol. The van der Waals surface area contributed by atoms with Gasteiger partial charge in [-0.05, 0) is 24.6 Å². The molecule has 5 rings (SSSR count). The smallest absolute Gasteiger partial charge is 0.231 e. The second-order valence-electron chi connectivity index (χ2n) is 7.48. The Bertz CT molecular complexity index is 1240. The van der Waals surface area contributed by atoms with Crippen LogP contribution in [0.5, 0.6) is 23.0 Å². The van der Waals surface area contributed by atoms with Gasteiger partial charge in [-0.2, -0.15) is 5.26 Å². The maximum absolute atomic E-state index is 9.88. The molecule has 0 radical (unpaired) electrons. The summed E-state index contributed by atoms with van der Waals surface area (Å²) in [5.74, 6) is 2.06. The van der Waals surface area contributed by atoms with Crippen molar-refractivity contribution in [3.63, 3.8) is 0 Å². The van der Waals surface area contributed by atoms with Crippen molar-refractivity contribution in [2.75, 3.05) is 6.79 Å². The number of para-hydroxylation sites is 1.